The average molecular weight is 249 g/mol. The summed E-state index contributed by atoms with van der Waals surface area (Å²) in [5.41, 5.74) is 7.33. The van der Waals surface area contributed by atoms with E-state index in [1.807, 2.05) is 12.4 Å². The number of nitrogens with two attached hydrogens (primary N) is 1. The molecular formula is C14H23N3O. The summed E-state index contributed by atoms with van der Waals surface area (Å²) in [6, 6.07) is 4.14. The summed E-state index contributed by atoms with van der Waals surface area (Å²) in [5, 5.41) is 0. The van der Waals surface area contributed by atoms with Crippen molar-refractivity contribution >= 4 is 0 Å². The minimum absolute atomic E-state index is 0.0330. The number of ether oxygens (including phenoxy) is 1. The molecule has 1 aromatic heterocycles. The first-order chi connectivity index (χ1) is 8.77. The third kappa shape index (κ3) is 3.07. The van der Waals surface area contributed by atoms with Crippen molar-refractivity contribution in [2.75, 3.05) is 33.4 Å². The minimum atomic E-state index is 0.0330. The van der Waals surface area contributed by atoms with Gasteiger partial charge in [0.1, 0.15) is 0 Å². The van der Waals surface area contributed by atoms with E-state index in [0.29, 0.717) is 6.54 Å². The summed E-state index contributed by atoms with van der Waals surface area (Å²) in [6.45, 7) is 3.31. The van der Waals surface area contributed by atoms with Gasteiger partial charge in [-0.3, -0.25) is 9.88 Å². The Balaban J connectivity index is 1.91. The van der Waals surface area contributed by atoms with E-state index in [1.54, 1.807) is 0 Å². The Morgan fingerprint density at radius 3 is 2.83 bits per heavy atom. The quantitative estimate of drug-likeness (QED) is 0.848. The van der Waals surface area contributed by atoms with E-state index < -0.39 is 0 Å². The fourth-order valence-electron chi connectivity index (χ4n) is 2.54. The molecule has 0 bridgehead atoms. The van der Waals surface area contributed by atoms with Crippen LogP contribution in [0.3, 0.4) is 0 Å². The largest absolute Gasteiger partial charge is 0.379 e. The molecule has 2 heterocycles. The van der Waals surface area contributed by atoms with Gasteiger partial charge >= 0.3 is 0 Å². The van der Waals surface area contributed by atoms with E-state index in [2.05, 4.69) is 29.1 Å². The van der Waals surface area contributed by atoms with Crippen LogP contribution in [0.15, 0.2) is 24.5 Å². The van der Waals surface area contributed by atoms with Crippen molar-refractivity contribution in [3.05, 3.63) is 30.1 Å². The molecule has 1 saturated heterocycles. The van der Waals surface area contributed by atoms with Crippen LogP contribution in [-0.2, 0) is 11.2 Å². The minimum Gasteiger partial charge on any atom is -0.379 e. The lowest BCUT2D eigenvalue weighted by Gasteiger charge is -2.43. The maximum absolute atomic E-state index is 5.98. The van der Waals surface area contributed by atoms with E-state index in [9.17, 15) is 0 Å². The van der Waals surface area contributed by atoms with Crippen LogP contribution >= 0.6 is 0 Å². The van der Waals surface area contributed by atoms with Gasteiger partial charge in [0.25, 0.3) is 0 Å². The number of hydrogen-bond acceptors (Lipinski definition) is 4. The first-order valence-electron chi connectivity index (χ1n) is 6.65. The smallest absolute Gasteiger partial charge is 0.0662 e. The molecule has 0 aromatic carbocycles. The molecule has 1 aliphatic heterocycles. The standard InChI is InChI=1S/C14H23N3O/c1-17(9-5-13-3-7-16-8-4-13)14(11-15)6-2-10-18-12-14/h3-4,7-8H,2,5-6,9-12,15H2,1H3. The van der Waals surface area contributed by atoms with Crippen molar-refractivity contribution in [1.29, 1.82) is 0 Å². The second-order valence-corrected chi connectivity index (χ2v) is 5.11. The van der Waals surface area contributed by atoms with Crippen LogP contribution in [0, 0.1) is 0 Å². The van der Waals surface area contributed by atoms with Crippen molar-refractivity contribution < 1.29 is 4.74 Å². The maximum atomic E-state index is 5.98. The van der Waals surface area contributed by atoms with Gasteiger partial charge < -0.3 is 10.5 Å². The van der Waals surface area contributed by atoms with Crippen LogP contribution in [0.4, 0.5) is 0 Å². The summed E-state index contributed by atoms with van der Waals surface area (Å²) in [4.78, 5) is 6.41. The SMILES string of the molecule is CN(CCc1ccncc1)C1(CN)CCCOC1. The van der Waals surface area contributed by atoms with Crippen LogP contribution in [0.25, 0.3) is 0 Å². The maximum Gasteiger partial charge on any atom is 0.0662 e. The van der Waals surface area contributed by atoms with Crippen molar-refractivity contribution in [1.82, 2.24) is 9.88 Å². The molecule has 1 atom stereocenters. The Bertz CT molecular complexity index is 349. The second kappa shape index (κ2) is 6.27. The molecule has 0 radical (unpaired) electrons. The van der Waals surface area contributed by atoms with Crippen molar-refractivity contribution in [3.8, 4) is 0 Å². The third-order valence-electron chi connectivity index (χ3n) is 3.98. The van der Waals surface area contributed by atoms with Gasteiger partial charge in [-0.2, -0.15) is 0 Å². The van der Waals surface area contributed by atoms with Gasteiger partial charge in [0.2, 0.25) is 0 Å². The normalized spacial score (nSPS) is 24.4. The molecule has 0 aliphatic carbocycles. The van der Waals surface area contributed by atoms with Crippen LogP contribution in [0.2, 0.25) is 0 Å². The highest BCUT2D eigenvalue weighted by atomic mass is 16.5. The van der Waals surface area contributed by atoms with E-state index >= 15 is 0 Å². The lowest BCUT2D eigenvalue weighted by Crippen LogP contribution is -2.57. The first-order valence-corrected chi connectivity index (χ1v) is 6.65. The third-order valence-corrected chi connectivity index (χ3v) is 3.98. The monoisotopic (exact) mass is 249 g/mol. The highest BCUT2D eigenvalue weighted by Gasteiger charge is 2.35. The molecule has 2 rings (SSSR count). The Morgan fingerprint density at radius 1 is 1.44 bits per heavy atom. The predicted octanol–water partition coefficient (Wildman–Crippen LogP) is 1.06. The predicted molar refractivity (Wildman–Crippen MR) is 72.4 cm³/mol. The molecule has 0 spiro atoms. The number of nitrogens with zero attached hydrogens (tertiary/aromatic N) is 2. The molecule has 2 N–H and O–H groups in total. The highest BCUT2D eigenvalue weighted by Crippen LogP contribution is 2.24. The lowest BCUT2D eigenvalue weighted by atomic mass is 9.90. The number of rotatable bonds is 5. The number of hydrogen-bond donors (Lipinski definition) is 1. The van der Waals surface area contributed by atoms with E-state index in [0.717, 1.165) is 39.0 Å². The molecule has 1 aliphatic rings. The average Bonchev–Trinajstić information content (AvgIpc) is 2.46. The van der Waals surface area contributed by atoms with E-state index in [1.165, 1.54) is 5.56 Å². The van der Waals surface area contributed by atoms with Gasteiger partial charge in [0.05, 0.1) is 12.1 Å². The van der Waals surface area contributed by atoms with E-state index in [4.69, 9.17) is 10.5 Å². The van der Waals surface area contributed by atoms with Crippen molar-refractivity contribution in [2.45, 2.75) is 24.8 Å². The summed E-state index contributed by atoms with van der Waals surface area (Å²) < 4.78 is 5.62. The fourth-order valence-corrected chi connectivity index (χ4v) is 2.54. The molecule has 100 valence electrons. The van der Waals surface area contributed by atoms with Crippen LogP contribution in [0.5, 0.6) is 0 Å². The van der Waals surface area contributed by atoms with Gasteiger partial charge in [-0.25, -0.2) is 0 Å². The fraction of sp³-hybridized carbons (Fsp3) is 0.643. The van der Waals surface area contributed by atoms with Gasteiger partial charge in [0, 0.05) is 32.1 Å². The summed E-state index contributed by atoms with van der Waals surface area (Å²) in [6.07, 6.45) is 6.96. The van der Waals surface area contributed by atoms with Gasteiger partial charge in [-0.15, -0.1) is 0 Å². The Labute approximate surface area is 109 Å². The summed E-state index contributed by atoms with van der Waals surface area (Å²) in [7, 11) is 2.16. The zero-order chi connectivity index (χ0) is 12.8. The molecule has 0 saturated carbocycles. The lowest BCUT2D eigenvalue weighted by molar-refractivity contribution is -0.0337. The molecule has 1 unspecified atom stereocenters. The molecule has 4 heteroatoms. The molecule has 18 heavy (non-hydrogen) atoms. The Kier molecular flexibility index (Phi) is 4.69. The van der Waals surface area contributed by atoms with Crippen LogP contribution in [-0.4, -0.2) is 48.8 Å². The zero-order valence-corrected chi connectivity index (χ0v) is 11.1. The number of pyridine rings is 1. The Morgan fingerprint density at radius 2 is 2.22 bits per heavy atom. The van der Waals surface area contributed by atoms with Gasteiger partial charge in [-0.05, 0) is 44.0 Å². The van der Waals surface area contributed by atoms with Crippen LogP contribution < -0.4 is 5.73 Å². The van der Waals surface area contributed by atoms with Crippen LogP contribution in [0.1, 0.15) is 18.4 Å². The van der Waals surface area contributed by atoms with Gasteiger partial charge in [0.15, 0.2) is 0 Å². The topological polar surface area (TPSA) is 51.4 Å². The van der Waals surface area contributed by atoms with Crippen molar-refractivity contribution in [2.24, 2.45) is 5.73 Å². The summed E-state index contributed by atoms with van der Waals surface area (Å²) in [5.74, 6) is 0. The molecular weight excluding hydrogens is 226 g/mol. The molecule has 1 aromatic rings. The highest BCUT2D eigenvalue weighted by molar-refractivity contribution is 5.10. The van der Waals surface area contributed by atoms with Gasteiger partial charge in [-0.1, -0.05) is 0 Å². The molecule has 4 nitrogen and oxygen atoms in total. The first kappa shape index (κ1) is 13.5. The number of likely N-dealkylation sites (N-methyl/N-ethyl adjacent to an activating group) is 1. The summed E-state index contributed by atoms with van der Waals surface area (Å²) >= 11 is 0. The Hall–Kier alpha value is -0.970. The molecule has 1 fully saturated rings. The second-order valence-electron chi connectivity index (χ2n) is 5.11. The van der Waals surface area contributed by atoms with Crippen molar-refractivity contribution in [3.63, 3.8) is 0 Å². The van der Waals surface area contributed by atoms with E-state index in [-0.39, 0.29) is 5.54 Å². The molecule has 0 amide bonds. The number of aromatic nitrogens is 1. The zero-order valence-electron chi connectivity index (χ0n) is 11.1.